The maximum Gasteiger partial charge on any atom is 0.234 e. The number of likely N-dealkylation sites (tertiary alicyclic amines) is 1. The summed E-state index contributed by atoms with van der Waals surface area (Å²) in [5, 5.41) is 12.5. The molecule has 2 aliphatic rings. The maximum atomic E-state index is 13.8. The topological polar surface area (TPSA) is 105 Å². The highest BCUT2D eigenvalue weighted by Gasteiger charge is 2.27. The number of pyridine rings is 1. The molecule has 0 unspecified atom stereocenters. The first-order valence-electron chi connectivity index (χ1n) is 13.9. The minimum Gasteiger partial charge on any atom is -0.472 e. The molecule has 0 amide bonds. The van der Waals surface area contributed by atoms with Crippen LogP contribution in [0.5, 0.6) is 5.75 Å². The zero-order chi connectivity index (χ0) is 28.5. The third-order valence-corrected chi connectivity index (χ3v) is 7.79. The fraction of sp³-hybridized carbons (Fsp3) is 0.219. The lowest BCUT2D eigenvalue weighted by atomic mass is 10.0. The number of anilines is 1. The second-order valence-electron chi connectivity index (χ2n) is 10.5. The lowest BCUT2D eigenvalue weighted by Gasteiger charge is -2.32. The molecule has 2 aromatic carbocycles. The van der Waals surface area contributed by atoms with Crippen molar-refractivity contribution in [2.75, 3.05) is 18.4 Å². The first-order valence-corrected chi connectivity index (χ1v) is 13.9. The average molecular weight is 559 g/mol. The predicted octanol–water partition coefficient (Wildman–Crippen LogP) is 5.51. The highest BCUT2D eigenvalue weighted by molar-refractivity contribution is 5.83. The number of imidazole rings is 1. The van der Waals surface area contributed by atoms with Gasteiger partial charge in [0, 0.05) is 55.4 Å². The number of hydrogen-bond acceptors (Lipinski definition) is 8. The molecule has 3 aromatic heterocycles. The number of nitrogens with zero attached hydrogens (tertiary/aromatic N) is 7. The zero-order valence-corrected chi connectivity index (χ0v) is 22.7. The first kappa shape index (κ1) is 25.8. The number of benzene rings is 2. The van der Waals surface area contributed by atoms with Gasteiger partial charge in [0.15, 0.2) is 6.73 Å². The predicted molar refractivity (Wildman–Crippen MR) is 156 cm³/mol. The van der Waals surface area contributed by atoms with Crippen LogP contribution >= 0.6 is 0 Å². The Labute approximate surface area is 242 Å². The number of fused-ring (bicyclic) bond motifs is 3. The van der Waals surface area contributed by atoms with Gasteiger partial charge in [-0.2, -0.15) is 5.26 Å². The Hall–Kier alpha value is -5.14. The lowest BCUT2D eigenvalue weighted by Crippen LogP contribution is -2.38. The Kier molecular flexibility index (Phi) is 6.78. The van der Waals surface area contributed by atoms with Crippen molar-refractivity contribution in [2.24, 2.45) is 0 Å². The summed E-state index contributed by atoms with van der Waals surface area (Å²) in [5.41, 5.74) is 5.61. The molecular weight excluding hydrogens is 531 g/mol. The van der Waals surface area contributed by atoms with E-state index in [2.05, 4.69) is 49.4 Å². The summed E-state index contributed by atoms with van der Waals surface area (Å²) in [6.07, 6.45) is 7.07. The van der Waals surface area contributed by atoms with E-state index < -0.39 is 0 Å². The number of rotatable bonds is 6. The molecular formula is C32H27FN8O. The second-order valence-corrected chi connectivity index (χ2v) is 10.5. The van der Waals surface area contributed by atoms with E-state index in [4.69, 9.17) is 15.0 Å². The minimum atomic E-state index is -0.282. The van der Waals surface area contributed by atoms with Crippen LogP contribution in [0.25, 0.3) is 33.9 Å². The third kappa shape index (κ3) is 5.06. The Bertz CT molecular complexity index is 1770. The number of hydrogen-bond donors (Lipinski definition) is 1. The summed E-state index contributed by atoms with van der Waals surface area (Å²) in [6.45, 7) is 3.10. The Morgan fingerprint density at radius 1 is 0.952 bits per heavy atom. The quantitative estimate of drug-likeness (QED) is 0.291. The van der Waals surface area contributed by atoms with Crippen LogP contribution in [0.15, 0.2) is 79.3 Å². The molecule has 0 atom stereocenters. The van der Waals surface area contributed by atoms with E-state index in [1.807, 2.05) is 16.7 Å². The molecule has 5 heterocycles. The fourth-order valence-electron chi connectivity index (χ4n) is 5.66. The molecule has 2 aliphatic heterocycles. The molecule has 0 spiro atoms. The molecule has 9 nitrogen and oxygen atoms in total. The van der Waals surface area contributed by atoms with Gasteiger partial charge in [-0.1, -0.05) is 24.3 Å². The van der Waals surface area contributed by atoms with Crippen molar-refractivity contribution >= 4 is 5.82 Å². The van der Waals surface area contributed by atoms with Crippen molar-refractivity contribution in [1.29, 1.82) is 5.26 Å². The summed E-state index contributed by atoms with van der Waals surface area (Å²) in [4.78, 5) is 20.0. The van der Waals surface area contributed by atoms with Crippen LogP contribution in [0.3, 0.4) is 0 Å². The minimum absolute atomic E-state index is 0.177. The van der Waals surface area contributed by atoms with Crippen LogP contribution in [0.4, 0.5) is 10.2 Å². The number of aromatic nitrogens is 5. The van der Waals surface area contributed by atoms with Gasteiger partial charge in [0.1, 0.15) is 29.3 Å². The molecule has 1 fully saturated rings. The van der Waals surface area contributed by atoms with Crippen LogP contribution in [-0.2, 0) is 13.3 Å². The molecule has 7 rings (SSSR count). The normalized spacial score (nSPS) is 14.9. The number of ether oxygens (including phenoxy) is 1. The van der Waals surface area contributed by atoms with Gasteiger partial charge in [-0.25, -0.2) is 19.3 Å². The Morgan fingerprint density at radius 3 is 2.52 bits per heavy atom. The van der Waals surface area contributed by atoms with Crippen LogP contribution in [0.2, 0.25) is 0 Å². The van der Waals surface area contributed by atoms with Gasteiger partial charge in [0.25, 0.3) is 0 Å². The van der Waals surface area contributed by atoms with Gasteiger partial charge in [-0.05, 0) is 54.8 Å². The van der Waals surface area contributed by atoms with Gasteiger partial charge in [-0.3, -0.25) is 14.5 Å². The van der Waals surface area contributed by atoms with Gasteiger partial charge in [0.05, 0.1) is 17.0 Å². The molecule has 5 aromatic rings. The molecule has 1 N–H and O–H groups in total. The second kappa shape index (κ2) is 11.0. The van der Waals surface area contributed by atoms with Crippen LogP contribution in [0.1, 0.15) is 24.2 Å². The van der Waals surface area contributed by atoms with Gasteiger partial charge < -0.3 is 10.1 Å². The average Bonchev–Trinajstić information content (AvgIpc) is 3.43. The first-order chi connectivity index (χ1) is 20.6. The molecule has 208 valence electrons. The van der Waals surface area contributed by atoms with Gasteiger partial charge in [0.2, 0.25) is 5.82 Å². The Morgan fingerprint density at radius 2 is 1.74 bits per heavy atom. The van der Waals surface area contributed by atoms with Crippen molar-refractivity contribution in [1.82, 2.24) is 29.4 Å². The number of nitrogens with one attached hydrogen (secondary N) is 1. The maximum absolute atomic E-state index is 13.8. The van der Waals surface area contributed by atoms with Crippen molar-refractivity contribution < 1.29 is 9.13 Å². The number of halogens is 1. The lowest BCUT2D eigenvalue weighted by molar-refractivity contribution is 0.211. The van der Waals surface area contributed by atoms with Crippen molar-refractivity contribution in [3.63, 3.8) is 0 Å². The van der Waals surface area contributed by atoms with Crippen LogP contribution in [0, 0.1) is 17.1 Å². The highest BCUT2D eigenvalue weighted by Crippen LogP contribution is 2.41. The summed E-state index contributed by atoms with van der Waals surface area (Å²) in [5.74, 6) is 2.12. The van der Waals surface area contributed by atoms with E-state index >= 15 is 0 Å². The highest BCUT2D eigenvalue weighted by atomic mass is 19.1. The van der Waals surface area contributed by atoms with E-state index in [-0.39, 0.29) is 11.6 Å². The molecule has 0 aliphatic carbocycles. The zero-order valence-electron chi connectivity index (χ0n) is 22.7. The molecule has 0 radical (unpaired) electrons. The fourth-order valence-corrected chi connectivity index (χ4v) is 5.66. The number of nitriles is 1. The number of piperidine rings is 1. The SMILES string of the molecule is N#Cc1nccc(NC2CCN(Cc3ccc(-c4nc5n(c4-c4ccc(F)cc4)COc4ccncc4-5)cc3)CC2)n1. The van der Waals surface area contributed by atoms with E-state index in [1.54, 1.807) is 36.8 Å². The van der Waals surface area contributed by atoms with Crippen molar-refractivity contribution in [2.45, 2.75) is 32.2 Å². The standard InChI is InChI=1S/C32H27FN8O/c33-24-7-5-23(6-8-24)31-30(39-32-26-18-35-13-9-27(26)42-20-41(31)32)22-3-1-21(2-4-22)19-40-15-11-25(12-16-40)37-28-10-14-36-29(17-34)38-28/h1-10,13-14,18,25H,11-12,15-16,19-20H2,(H,36,37,38). The summed E-state index contributed by atoms with van der Waals surface area (Å²) in [7, 11) is 0. The molecule has 1 saturated heterocycles. The van der Waals surface area contributed by atoms with Crippen LogP contribution < -0.4 is 10.1 Å². The van der Waals surface area contributed by atoms with Gasteiger partial charge in [-0.15, -0.1) is 0 Å². The van der Waals surface area contributed by atoms with Crippen molar-refractivity contribution in [3.8, 4) is 45.7 Å². The molecule has 10 heteroatoms. The summed E-state index contributed by atoms with van der Waals surface area (Å²) in [6, 6.07) is 21.0. The molecule has 0 saturated carbocycles. The van der Waals surface area contributed by atoms with E-state index in [0.717, 1.165) is 72.1 Å². The monoisotopic (exact) mass is 558 g/mol. The van der Waals surface area contributed by atoms with E-state index in [9.17, 15) is 4.39 Å². The largest absolute Gasteiger partial charge is 0.472 e. The molecule has 0 bridgehead atoms. The van der Waals surface area contributed by atoms with E-state index in [0.29, 0.717) is 18.6 Å². The Balaban J connectivity index is 1.09. The van der Waals surface area contributed by atoms with Crippen LogP contribution in [-0.4, -0.2) is 48.5 Å². The smallest absolute Gasteiger partial charge is 0.234 e. The van der Waals surface area contributed by atoms with Crippen molar-refractivity contribution in [3.05, 3.63) is 96.5 Å². The summed E-state index contributed by atoms with van der Waals surface area (Å²) < 4.78 is 21.8. The summed E-state index contributed by atoms with van der Waals surface area (Å²) >= 11 is 0. The van der Waals surface area contributed by atoms with E-state index in [1.165, 1.54) is 17.7 Å². The van der Waals surface area contributed by atoms with Gasteiger partial charge >= 0.3 is 0 Å². The molecule has 42 heavy (non-hydrogen) atoms. The third-order valence-electron chi connectivity index (χ3n) is 7.79.